The summed E-state index contributed by atoms with van der Waals surface area (Å²) in [5.74, 6) is 1.92. The maximum absolute atomic E-state index is 6.65. The zero-order valence-electron chi connectivity index (χ0n) is 19.3. The molecule has 2 fully saturated rings. The van der Waals surface area contributed by atoms with Gasteiger partial charge >= 0.3 is 0 Å². The number of anilines is 1. The normalized spacial score (nSPS) is 26.6. The van der Waals surface area contributed by atoms with Gasteiger partial charge in [-0.25, -0.2) is 0 Å². The van der Waals surface area contributed by atoms with E-state index in [4.69, 9.17) is 4.43 Å². The first-order valence-corrected chi connectivity index (χ1v) is 14.6. The lowest BCUT2D eigenvalue weighted by Gasteiger charge is -2.38. The zero-order valence-corrected chi connectivity index (χ0v) is 20.3. The average Bonchev–Trinajstić information content (AvgIpc) is 3.08. The van der Waals surface area contributed by atoms with Crippen molar-refractivity contribution in [2.75, 3.05) is 18.0 Å². The zero-order chi connectivity index (χ0) is 20.4. The van der Waals surface area contributed by atoms with E-state index in [-0.39, 0.29) is 0 Å². The molecule has 0 bridgehead atoms. The Morgan fingerprint density at radius 1 is 1.00 bits per heavy atom. The smallest absolute Gasteiger partial charge is 0.192 e. The van der Waals surface area contributed by atoms with Gasteiger partial charge in [0.1, 0.15) is 0 Å². The summed E-state index contributed by atoms with van der Waals surface area (Å²) < 4.78 is 6.65. The Kier molecular flexibility index (Phi) is 6.97. The van der Waals surface area contributed by atoms with Crippen LogP contribution in [-0.4, -0.2) is 27.5 Å². The predicted octanol–water partition coefficient (Wildman–Crippen LogP) is 7.05. The molecular weight excluding hydrogens is 358 g/mol. The summed E-state index contributed by atoms with van der Waals surface area (Å²) in [6, 6.07) is 9.41. The Balaban J connectivity index is 1.48. The van der Waals surface area contributed by atoms with Crippen molar-refractivity contribution in [3.8, 4) is 0 Å². The van der Waals surface area contributed by atoms with Gasteiger partial charge in [-0.3, -0.25) is 0 Å². The molecule has 1 saturated carbocycles. The lowest BCUT2D eigenvalue weighted by atomic mass is 9.80. The van der Waals surface area contributed by atoms with Crippen molar-refractivity contribution in [2.45, 2.75) is 96.9 Å². The fourth-order valence-electron chi connectivity index (χ4n) is 4.51. The van der Waals surface area contributed by atoms with Crippen LogP contribution in [0.5, 0.6) is 0 Å². The molecule has 28 heavy (non-hydrogen) atoms. The fourth-order valence-corrected chi connectivity index (χ4v) is 5.89. The second kappa shape index (κ2) is 8.91. The van der Waals surface area contributed by atoms with Gasteiger partial charge in [0.15, 0.2) is 8.32 Å². The minimum Gasteiger partial charge on any atom is -0.412 e. The van der Waals surface area contributed by atoms with Gasteiger partial charge in [0, 0.05) is 18.8 Å². The van der Waals surface area contributed by atoms with Crippen molar-refractivity contribution in [1.29, 1.82) is 0 Å². The SMILES string of the molecule is CC1CCC(CCc2ccc(N3CCC(O[Si](C)(C)C(C)(C)C)C3)cc2)CC1. The third kappa shape index (κ3) is 5.63. The molecule has 1 aliphatic carbocycles. The quantitative estimate of drug-likeness (QED) is 0.474. The van der Waals surface area contributed by atoms with Gasteiger partial charge in [-0.2, -0.15) is 0 Å². The Morgan fingerprint density at radius 2 is 1.64 bits per heavy atom. The molecule has 1 aliphatic heterocycles. The van der Waals surface area contributed by atoms with E-state index in [2.05, 4.69) is 70.0 Å². The minimum atomic E-state index is -1.67. The summed E-state index contributed by atoms with van der Waals surface area (Å²) in [6.45, 7) is 16.3. The van der Waals surface area contributed by atoms with Crippen LogP contribution in [0, 0.1) is 11.8 Å². The topological polar surface area (TPSA) is 12.5 Å². The van der Waals surface area contributed by atoms with Gasteiger partial charge in [-0.15, -0.1) is 0 Å². The first-order valence-electron chi connectivity index (χ1n) is 11.7. The molecule has 1 unspecified atom stereocenters. The van der Waals surface area contributed by atoms with E-state index in [1.54, 1.807) is 0 Å². The monoisotopic (exact) mass is 401 g/mol. The second-order valence-corrected chi connectivity index (χ2v) is 15.8. The molecular formula is C25H43NOSi. The highest BCUT2D eigenvalue weighted by Gasteiger charge is 2.40. The molecule has 0 aromatic heterocycles. The molecule has 3 rings (SSSR count). The van der Waals surface area contributed by atoms with E-state index in [1.807, 2.05) is 0 Å². The number of rotatable bonds is 6. The van der Waals surface area contributed by atoms with E-state index < -0.39 is 8.32 Å². The summed E-state index contributed by atoms with van der Waals surface area (Å²) >= 11 is 0. The van der Waals surface area contributed by atoms with Crippen LogP contribution in [0.2, 0.25) is 18.1 Å². The lowest BCUT2D eigenvalue weighted by molar-refractivity contribution is 0.202. The highest BCUT2D eigenvalue weighted by Crippen LogP contribution is 2.38. The molecule has 0 N–H and O–H groups in total. The molecule has 158 valence electrons. The molecule has 2 aliphatic rings. The second-order valence-electron chi connectivity index (χ2n) is 11.1. The van der Waals surface area contributed by atoms with Crippen LogP contribution in [0.4, 0.5) is 5.69 Å². The Hall–Kier alpha value is -0.803. The van der Waals surface area contributed by atoms with Crippen LogP contribution >= 0.6 is 0 Å². The van der Waals surface area contributed by atoms with E-state index in [0.717, 1.165) is 31.3 Å². The molecule has 2 nitrogen and oxygen atoms in total. The number of hydrogen-bond acceptors (Lipinski definition) is 2. The predicted molar refractivity (Wildman–Crippen MR) is 125 cm³/mol. The van der Waals surface area contributed by atoms with Crippen molar-refractivity contribution in [3.63, 3.8) is 0 Å². The first kappa shape index (κ1) is 21.9. The van der Waals surface area contributed by atoms with Crippen molar-refractivity contribution in [2.24, 2.45) is 11.8 Å². The highest BCUT2D eigenvalue weighted by molar-refractivity contribution is 6.74. The van der Waals surface area contributed by atoms with Crippen LogP contribution in [0.25, 0.3) is 0 Å². The van der Waals surface area contributed by atoms with Crippen molar-refractivity contribution in [3.05, 3.63) is 29.8 Å². The average molecular weight is 402 g/mol. The fraction of sp³-hybridized carbons (Fsp3) is 0.760. The highest BCUT2D eigenvalue weighted by atomic mass is 28.4. The van der Waals surface area contributed by atoms with Gasteiger partial charge in [-0.05, 0) is 66.9 Å². The minimum absolute atomic E-state index is 0.290. The number of aryl methyl sites for hydroxylation is 1. The van der Waals surface area contributed by atoms with Crippen LogP contribution < -0.4 is 4.90 Å². The van der Waals surface area contributed by atoms with E-state index in [9.17, 15) is 0 Å². The lowest BCUT2D eigenvalue weighted by Crippen LogP contribution is -2.44. The van der Waals surface area contributed by atoms with E-state index in [1.165, 1.54) is 49.8 Å². The van der Waals surface area contributed by atoms with E-state index >= 15 is 0 Å². The molecule has 0 radical (unpaired) electrons. The van der Waals surface area contributed by atoms with Crippen molar-refractivity contribution >= 4 is 14.0 Å². The Morgan fingerprint density at radius 3 is 2.25 bits per heavy atom. The molecule has 1 aromatic carbocycles. The van der Waals surface area contributed by atoms with Gasteiger partial charge in [0.2, 0.25) is 0 Å². The first-order chi connectivity index (χ1) is 13.1. The Bertz CT molecular complexity index is 610. The summed E-state index contributed by atoms with van der Waals surface area (Å²) in [6.07, 6.45) is 9.95. The summed E-state index contributed by atoms with van der Waals surface area (Å²) in [7, 11) is -1.67. The van der Waals surface area contributed by atoms with Crippen LogP contribution in [0.1, 0.15) is 71.8 Å². The van der Waals surface area contributed by atoms with Gasteiger partial charge in [-0.1, -0.05) is 65.5 Å². The molecule has 1 aromatic rings. The van der Waals surface area contributed by atoms with E-state index in [0.29, 0.717) is 11.1 Å². The molecule has 1 atom stereocenters. The molecule has 1 saturated heterocycles. The summed E-state index contributed by atoms with van der Waals surface area (Å²) in [5.41, 5.74) is 2.88. The third-order valence-electron chi connectivity index (χ3n) is 7.69. The summed E-state index contributed by atoms with van der Waals surface area (Å²) in [5, 5.41) is 0.290. The largest absolute Gasteiger partial charge is 0.412 e. The maximum Gasteiger partial charge on any atom is 0.192 e. The maximum atomic E-state index is 6.65. The standard InChI is InChI=1S/C25H43NOSi/c1-20-7-9-21(10-8-20)11-12-22-13-15-23(16-14-22)26-18-17-24(19-26)27-28(5,6)25(2,3)4/h13-16,20-21,24H,7-12,17-19H2,1-6H3. The summed E-state index contributed by atoms with van der Waals surface area (Å²) in [4.78, 5) is 2.52. The number of hydrogen-bond donors (Lipinski definition) is 0. The van der Waals surface area contributed by atoms with Crippen molar-refractivity contribution in [1.82, 2.24) is 0 Å². The van der Waals surface area contributed by atoms with Crippen LogP contribution in [0.3, 0.4) is 0 Å². The number of nitrogens with zero attached hydrogens (tertiary/aromatic N) is 1. The molecule has 0 amide bonds. The van der Waals surface area contributed by atoms with Gasteiger partial charge in [0.05, 0.1) is 6.10 Å². The Labute approximate surface area is 175 Å². The molecule has 1 heterocycles. The third-order valence-corrected chi connectivity index (χ3v) is 12.2. The van der Waals surface area contributed by atoms with Crippen molar-refractivity contribution < 1.29 is 4.43 Å². The number of benzene rings is 1. The molecule has 3 heteroatoms. The van der Waals surface area contributed by atoms with Gasteiger partial charge in [0.25, 0.3) is 0 Å². The van der Waals surface area contributed by atoms with Gasteiger partial charge < -0.3 is 9.33 Å². The van der Waals surface area contributed by atoms with Crippen LogP contribution in [-0.2, 0) is 10.8 Å². The molecule has 0 spiro atoms. The van der Waals surface area contributed by atoms with Crippen LogP contribution in [0.15, 0.2) is 24.3 Å².